The molecule has 244 valence electrons. The van der Waals surface area contributed by atoms with E-state index in [0.29, 0.717) is 32.2 Å². The Bertz CT molecular complexity index is 1180. The van der Waals surface area contributed by atoms with Crippen molar-refractivity contribution in [3.8, 4) is 0 Å². The second-order valence-electron chi connectivity index (χ2n) is 14.4. The predicted molar refractivity (Wildman–Crippen MR) is 161 cm³/mol. The highest BCUT2D eigenvalue weighted by molar-refractivity contribution is 7.89. The molecule has 5 amide bonds. The number of hydrogen-bond acceptors (Lipinski definition) is 7. The van der Waals surface area contributed by atoms with Gasteiger partial charge in [-0.25, -0.2) is 17.9 Å². The molecule has 3 fully saturated rings. The molecule has 2 aliphatic carbocycles. The van der Waals surface area contributed by atoms with Crippen LogP contribution in [0.5, 0.6) is 0 Å². The summed E-state index contributed by atoms with van der Waals surface area (Å²) in [5.41, 5.74) is -2.40. The van der Waals surface area contributed by atoms with Crippen molar-refractivity contribution in [3.63, 3.8) is 0 Å². The number of nitrogens with zero attached hydrogens (tertiary/aromatic N) is 1. The number of hydrogen-bond donors (Lipinski definition) is 5. The van der Waals surface area contributed by atoms with E-state index in [-0.39, 0.29) is 11.8 Å². The van der Waals surface area contributed by atoms with Crippen LogP contribution in [0.25, 0.3) is 0 Å². The van der Waals surface area contributed by atoms with Crippen LogP contribution >= 0.6 is 0 Å². The van der Waals surface area contributed by atoms with Gasteiger partial charge in [-0.15, -0.1) is 0 Å². The number of urea groups is 1. The Morgan fingerprint density at radius 1 is 0.907 bits per heavy atom. The number of carbonyl (C=O) groups is 5. The molecule has 1 heterocycles. The van der Waals surface area contributed by atoms with Crippen LogP contribution in [0.3, 0.4) is 0 Å². The molecule has 0 unspecified atom stereocenters. The molecule has 0 spiro atoms. The van der Waals surface area contributed by atoms with Gasteiger partial charge < -0.3 is 26.2 Å². The minimum absolute atomic E-state index is 0.0201. The molecular weight excluding hydrogens is 576 g/mol. The fraction of sp³-hybridized carbons (Fsp3) is 0.828. The van der Waals surface area contributed by atoms with Crippen molar-refractivity contribution in [2.45, 2.75) is 129 Å². The lowest BCUT2D eigenvalue weighted by molar-refractivity contribution is -0.142. The molecule has 0 aromatic heterocycles. The van der Waals surface area contributed by atoms with Gasteiger partial charge in [-0.05, 0) is 64.7 Å². The summed E-state index contributed by atoms with van der Waals surface area (Å²) in [6.45, 7) is 10.5. The highest BCUT2D eigenvalue weighted by Crippen LogP contribution is 2.31. The van der Waals surface area contributed by atoms with Gasteiger partial charge in [0.2, 0.25) is 27.6 Å². The maximum Gasteiger partial charge on any atom is 0.315 e. The lowest BCUT2D eigenvalue weighted by Crippen LogP contribution is -2.63. The Morgan fingerprint density at radius 2 is 1.53 bits per heavy atom. The van der Waals surface area contributed by atoms with E-state index in [1.54, 1.807) is 41.5 Å². The molecule has 0 radical (unpaired) electrons. The highest BCUT2D eigenvalue weighted by Gasteiger charge is 2.44. The number of sulfonamides is 1. The van der Waals surface area contributed by atoms with Gasteiger partial charge in [-0.1, -0.05) is 40.0 Å². The minimum Gasteiger partial charge on any atom is -0.347 e. The van der Waals surface area contributed by atoms with Gasteiger partial charge in [0.15, 0.2) is 0 Å². The van der Waals surface area contributed by atoms with E-state index in [2.05, 4.69) is 26.0 Å². The van der Waals surface area contributed by atoms with E-state index in [1.807, 2.05) is 0 Å². The fourth-order valence-corrected chi connectivity index (χ4v) is 7.88. The Hall–Kier alpha value is -2.74. The maximum atomic E-state index is 13.8. The molecule has 13 nitrogen and oxygen atoms in total. The van der Waals surface area contributed by atoms with Crippen molar-refractivity contribution >= 4 is 39.6 Å². The molecule has 14 heteroatoms. The van der Waals surface area contributed by atoms with E-state index >= 15 is 0 Å². The largest absolute Gasteiger partial charge is 0.347 e. The lowest BCUT2D eigenvalue weighted by atomic mass is 9.83. The van der Waals surface area contributed by atoms with Gasteiger partial charge in [0, 0.05) is 18.1 Å². The van der Waals surface area contributed by atoms with Crippen LogP contribution < -0.4 is 26.0 Å². The topological polar surface area (TPSA) is 183 Å². The van der Waals surface area contributed by atoms with Gasteiger partial charge in [-0.2, -0.15) is 0 Å². The van der Waals surface area contributed by atoms with Crippen molar-refractivity contribution in [2.24, 2.45) is 5.41 Å². The molecule has 3 aliphatic rings. The first kappa shape index (κ1) is 34.7. The van der Waals surface area contributed by atoms with Gasteiger partial charge in [0.25, 0.3) is 5.91 Å². The van der Waals surface area contributed by atoms with E-state index in [0.717, 1.165) is 32.1 Å². The quantitative estimate of drug-likeness (QED) is 0.213. The molecule has 3 rings (SSSR count). The van der Waals surface area contributed by atoms with Crippen LogP contribution in [-0.2, 0) is 29.2 Å². The molecular formula is C29H50N6O7S. The zero-order valence-electron chi connectivity index (χ0n) is 26.4. The summed E-state index contributed by atoms with van der Waals surface area (Å²) in [4.78, 5) is 65.8. The average molecular weight is 627 g/mol. The molecule has 0 aromatic carbocycles. The summed E-state index contributed by atoms with van der Waals surface area (Å²) in [7, 11) is -3.73. The van der Waals surface area contributed by atoms with Gasteiger partial charge in [0.1, 0.15) is 12.1 Å². The van der Waals surface area contributed by atoms with Crippen LogP contribution in [-0.4, -0.2) is 90.9 Å². The molecule has 1 aliphatic heterocycles. The first-order chi connectivity index (χ1) is 19.8. The third-order valence-electron chi connectivity index (χ3n) is 7.93. The SMILES string of the molecule is CC(C)(C)NS(=O)(=O)CC1(NC(=O)N[C@H](C(=O)N2CCC[C@H]2C(=O)NCC(=O)C(=O)NC2CC2)C(C)(C)C)CCCCC1. The summed E-state index contributed by atoms with van der Waals surface area (Å²) >= 11 is 0. The Kier molecular flexibility index (Phi) is 10.9. The van der Waals surface area contributed by atoms with Crippen molar-refractivity contribution < 1.29 is 32.4 Å². The Balaban J connectivity index is 1.68. The van der Waals surface area contributed by atoms with Crippen LogP contribution in [0.15, 0.2) is 0 Å². The van der Waals surface area contributed by atoms with Crippen LogP contribution in [0.1, 0.15) is 99.3 Å². The van der Waals surface area contributed by atoms with Crippen LogP contribution in [0.4, 0.5) is 4.79 Å². The summed E-state index contributed by atoms with van der Waals surface area (Å²) < 4.78 is 28.7. The molecule has 0 aromatic rings. The summed E-state index contributed by atoms with van der Waals surface area (Å²) in [6, 6.07) is -2.49. The number of amides is 5. The monoisotopic (exact) mass is 626 g/mol. The van der Waals surface area contributed by atoms with Gasteiger partial charge in [-0.3, -0.25) is 19.2 Å². The second-order valence-corrected chi connectivity index (χ2v) is 16.2. The first-order valence-electron chi connectivity index (χ1n) is 15.3. The first-order valence-corrected chi connectivity index (χ1v) is 17.0. The number of likely N-dealkylation sites (tertiary alicyclic amines) is 1. The van der Waals surface area contributed by atoms with Crippen molar-refractivity contribution in [1.82, 2.24) is 30.9 Å². The molecule has 5 N–H and O–H groups in total. The predicted octanol–water partition coefficient (Wildman–Crippen LogP) is 1.08. The average Bonchev–Trinajstić information content (AvgIpc) is 3.53. The second kappa shape index (κ2) is 13.5. The van der Waals surface area contributed by atoms with E-state index < -0.39 is 74.7 Å². The Labute approximate surface area is 255 Å². The number of ketones is 1. The molecule has 43 heavy (non-hydrogen) atoms. The summed E-state index contributed by atoms with van der Waals surface area (Å²) in [5.74, 6) is -2.74. The van der Waals surface area contributed by atoms with Gasteiger partial charge >= 0.3 is 6.03 Å². The van der Waals surface area contributed by atoms with E-state index in [9.17, 15) is 32.4 Å². The third-order valence-corrected chi connectivity index (χ3v) is 9.79. The zero-order chi connectivity index (χ0) is 32.2. The molecule has 2 saturated carbocycles. The summed E-state index contributed by atoms with van der Waals surface area (Å²) in [6.07, 6.45) is 6.06. The number of rotatable bonds is 11. The van der Waals surface area contributed by atoms with E-state index in [1.165, 1.54) is 4.90 Å². The minimum atomic E-state index is -3.73. The zero-order valence-corrected chi connectivity index (χ0v) is 27.2. The number of nitrogens with one attached hydrogen (secondary N) is 5. The van der Waals surface area contributed by atoms with E-state index in [4.69, 9.17) is 0 Å². The summed E-state index contributed by atoms with van der Waals surface area (Å²) in [5, 5.41) is 10.8. The van der Waals surface area contributed by atoms with Crippen molar-refractivity contribution in [3.05, 3.63) is 0 Å². The standard InChI is InChI=1S/C29H50N6O7S/c1-27(2,3)22(32-26(40)33-29(14-8-7-9-15-29)18-43(41,42)34-28(4,5)6)25(39)35-16-10-11-20(35)23(37)30-17-21(36)24(38)31-19-12-13-19/h19-20,22,34H,7-18H2,1-6H3,(H,30,37)(H,31,38)(H2,32,33,40)/t20-,22+/m0/s1. The van der Waals surface area contributed by atoms with Crippen LogP contribution in [0, 0.1) is 5.41 Å². The smallest absolute Gasteiger partial charge is 0.315 e. The highest BCUT2D eigenvalue weighted by atomic mass is 32.2. The lowest BCUT2D eigenvalue weighted by Gasteiger charge is -2.40. The molecule has 1 saturated heterocycles. The molecule has 0 bridgehead atoms. The van der Waals surface area contributed by atoms with Crippen LogP contribution in [0.2, 0.25) is 0 Å². The van der Waals surface area contributed by atoms with Crippen molar-refractivity contribution in [1.29, 1.82) is 0 Å². The Morgan fingerprint density at radius 3 is 2.09 bits per heavy atom. The van der Waals surface area contributed by atoms with Gasteiger partial charge in [0.05, 0.1) is 17.8 Å². The number of carbonyl (C=O) groups excluding carboxylic acids is 5. The fourth-order valence-electron chi connectivity index (χ4n) is 5.78. The number of Topliss-reactive ketones (excluding diaryl/α,β-unsaturated/α-hetero) is 1. The molecule has 2 atom stereocenters. The van der Waals surface area contributed by atoms with Crippen molar-refractivity contribution in [2.75, 3.05) is 18.8 Å². The normalized spacial score (nSPS) is 21.4. The third kappa shape index (κ3) is 10.4. The maximum absolute atomic E-state index is 13.8.